The van der Waals surface area contributed by atoms with Gasteiger partial charge in [-0.2, -0.15) is 27.0 Å². The third kappa shape index (κ3) is 3.97. The summed E-state index contributed by atoms with van der Waals surface area (Å²) in [6, 6.07) is 5.66. The van der Waals surface area contributed by atoms with Crippen molar-refractivity contribution in [3.63, 3.8) is 0 Å². The van der Waals surface area contributed by atoms with Crippen molar-refractivity contribution < 1.29 is 4.74 Å². The molecule has 1 spiro atoms. The van der Waals surface area contributed by atoms with Crippen LogP contribution in [0.15, 0.2) is 24.5 Å². The molecular formula is C21H28Cl2N6OS2. The molecule has 3 aromatic rings. The molecule has 0 saturated carbocycles. The van der Waals surface area contributed by atoms with Crippen molar-refractivity contribution >= 4 is 61.8 Å². The van der Waals surface area contributed by atoms with Crippen LogP contribution in [-0.2, 0) is 4.74 Å². The van der Waals surface area contributed by atoms with Crippen LogP contribution in [0.3, 0.4) is 0 Å². The summed E-state index contributed by atoms with van der Waals surface area (Å²) in [5, 5.41) is 9.53. The first-order valence-electron chi connectivity index (χ1n) is 10.2. The van der Waals surface area contributed by atoms with E-state index in [-0.39, 0.29) is 44.6 Å². The van der Waals surface area contributed by atoms with E-state index in [4.69, 9.17) is 38.7 Å². The molecule has 2 N–H and O–H groups in total. The van der Waals surface area contributed by atoms with Crippen LogP contribution in [0.2, 0.25) is 10.0 Å². The van der Waals surface area contributed by atoms with Gasteiger partial charge in [-0.15, -0.1) is 10.2 Å². The van der Waals surface area contributed by atoms with Gasteiger partial charge in [0.05, 0.1) is 28.5 Å². The van der Waals surface area contributed by atoms with Crippen molar-refractivity contribution in [2.75, 3.05) is 24.6 Å². The molecule has 2 aliphatic rings. The van der Waals surface area contributed by atoms with E-state index < -0.39 is 0 Å². The second kappa shape index (κ2) is 9.56. The summed E-state index contributed by atoms with van der Waals surface area (Å²) in [7, 11) is 0. The second-order valence-electron chi connectivity index (χ2n) is 8.39. The van der Waals surface area contributed by atoms with Crippen LogP contribution in [0.25, 0.3) is 16.8 Å². The molecule has 4 heterocycles. The summed E-state index contributed by atoms with van der Waals surface area (Å²) in [6.07, 6.45) is 3.77. The van der Waals surface area contributed by atoms with E-state index in [1.165, 1.54) is 0 Å². The Bertz CT molecular complexity index is 1120. The number of hydrogen-bond donors (Lipinski definition) is 1. The topological polar surface area (TPSA) is 81.6 Å². The second-order valence-corrected chi connectivity index (χ2v) is 9.17. The minimum absolute atomic E-state index is 0. The van der Waals surface area contributed by atoms with Crippen molar-refractivity contribution in [2.24, 2.45) is 11.1 Å². The molecule has 2 atom stereocenters. The average Bonchev–Trinajstić information content (AvgIpc) is 3.32. The SMILES string of the molecule is Cc1nc(N2CCC3(CC2)CO[C@@H](C)[C@H]3N)n2cnnc2c1-c1cccc(Cl)c1Cl.S.S. The van der Waals surface area contributed by atoms with Gasteiger partial charge in [-0.3, -0.25) is 4.40 Å². The van der Waals surface area contributed by atoms with Crippen LogP contribution in [-0.4, -0.2) is 51.4 Å². The molecule has 7 nitrogen and oxygen atoms in total. The predicted molar refractivity (Wildman–Crippen MR) is 139 cm³/mol. The lowest BCUT2D eigenvalue weighted by Gasteiger charge is -2.41. The lowest BCUT2D eigenvalue weighted by Crippen LogP contribution is -2.51. The van der Waals surface area contributed by atoms with Gasteiger partial charge >= 0.3 is 0 Å². The molecule has 0 amide bonds. The molecule has 2 saturated heterocycles. The molecular weight excluding hydrogens is 487 g/mol. The zero-order chi connectivity index (χ0) is 21.0. The molecule has 174 valence electrons. The fourth-order valence-electron chi connectivity index (χ4n) is 4.83. The summed E-state index contributed by atoms with van der Waals surface area (Å²) < 4.78 is 7.79. The number of anilines is 1. The smallest absolute Gasteiger partial charge is 0.212 e. The van der Waals surface area contributed by atoms with Gasteiger partial charge in [-0.05, 0) is 32.8 Å². The number of nitrogens with two attached hydrogens (primary N) is 1. The van der Waals surface area contributed by atoms with E-state index in [2.05, 4.69) is 22.0 Å². The van der Waals surface area contributed by atoms with E-state index >= 15 is 0 Å². The highest BCUT2D eigenvalue weighted by molar-refractivity contribution is 7.59. The van der Waals surface area contributed by atoms with Crippen molar-refractivity contribution in [2.45, 2.75) is 38.8 Å². The number of aromatic nitrogens is 4. The number of halogens is 2. The summed E-state index contributed by atoms with van der Waals surface area (Å²) >= 11 is 12.8. The molecule has 0 bridgehead atoms. The molecule has 0 aliphatic carbocycles. The molecule has 0 radical (unpaired) electrons. The Balaban J connectivity index is 0.00000144. The van der Waals surface area contributed by atoms with Gasteiger partial charge in [-0.1, -0.05) is 35.3 Å². The lowest BCUT2D eigenvalue weighted by molar-refractivity contribution is 0.0973. The molecule has 11 heteroatoms. The lowest BCUT2D eigenvalue weighted by atomic mass is 9.73. The Labute approximate surface area is 211 Å². The average molecular weight is 516 g/mol. The highest BCUT2D eigenvalue weighted by Crippen LogP contribution is 2.42. The van der Waals surface area contributed by atoms with Crippen LogP contribution in [0.4, 0.5) is 5.95 Å². The van der Waals surface area contributed by atoms with Crippen LogP contribution in [0.1, 0.15) is 25.5 Å². The summed E-state index contributed by atoms with van der Waals surface area (Å²) in [6.45, 7) is 6.50. The van der Waals surface area contributed by atoms with Gasteiger partial charge in [0.1, 0.15) is 6.33 Å². The first kappa shape index (κ1) is 25.4. The maximum Gasteiger partial charge on any atom is 0.212 e. The van der Waals surface area contributed by atoms with Crippen LogP contribution >= 0.6 is 50.2 Å². The molecule has 2 aliphatic heterocycles. The minimum Gasteiger partial charge on any atom is -0.376 e. The third-order valence-electron chi connectivity index (χ3n) is 6.73. The van der Waals surface area contributed by atoms with Crippen molar-refractivity contribution in [1.29, 1.82) is 0 Å². The number of piperidine rings is 1. The Morgan fingerprint density at radius 1 is 1.19 bits per heavy atom. The molecule has 32 heavy (non-hydrogen) atoms. The molecule has 2 aromatic heterocycles. The summed E-state index contributed by atoms with van der Waals surface area (Å²) in [5.41, 5.74) is 9.74. The van der Waals surface area contributed by atoms with Gasteiger partial charge < -0.3 is 15.4 Å². The molecule has 1 aromatic carbocycles. The number of ether oxygens (including phenoxy) is 1. The van der Waals surface area contributed by atoms with Crippen LogP contribution in [0, 0.1) is 12.3 Å². The Morgan fingerprint density at radius 3 is 2.56 bits per heavy atom. The van der Waals surface area contributed by atoms with E-state index in [1.807, 2.05) is 23.5 Å². The standard InChI is InChI=1S/C21H24Cl2N6O.2H2S/c1-12-16(14-4-3-5-15(22)17(14)23)19-27-25-11-29(19)20(26-12)28-8-6-21(7-9-28)10-30-13(2)18(21)24;;/h3-5,11,13,18H,6-10,24H2,1-2H3;2*1H2/t13-,18+;;/m0../s1. The zero-order valence-corrected chi connectivity index (χ0v) is 21.5. The fraction of sp³-hybridized carbons (Fsp3) is 0.476. The number of rotatable bonds is 2. The highest BCUT2D eigenvalue weighted by Gasteiger charge is 2.47. The Hall–Kier alpha value is -1.23. The van der Waals surface area contributed by atoms with Gasteiger partial charge in [0.15, 0.2) is 5.65 Å². The van der Waals surface area contributed by atoms with Crippen molar-refractivity contribution in [3.05, 3.63) is 40.3 Å². The normalized spacial score (nSPS) is 22.1. The number of benzene rings is 1. The Kier molecular flexibility index (Phi) is 7.59. The fourth-order valence-corrected chi connectivity index (χ4v) is 5.23. The van der Waals surface area contributed by atoms with E-state index in [0.717, 1.165) is 61.0 Å². The highest BCUT2D eigenvalue weighted by atomic mass is 35.5. The minimum atomic E-state index is 0. The van der Waals surface area contributed by atoms with E-state index in [0.29, 0.717) is 10.0 Å². The first-order chi connectivity index (χ1) is 14.4. The number of hydrogen-bond acceptors (Lipinski definition) is 6. The monoisotopic (exact) mass is 514 g/mol. The van der Waals surface area contributed by atoms with Gasteiger partial charge in [0, 0.05) is 35.7 Å². The largest absolute Gasteiger partial charge is 0.376 e. The predicted octanol–water partition coefficient (Wildman–Crippen LogP) is 3.96. The van der Waals surface area contributed by atoms with Crippen LogP contribution in [0.5, 0.6) is 0 Å². The van der Waals surface area contributed by atoms with Crippen molar-refractivity contribution in [3.8, 4) is 11.1 Å². The van der Waals surface area contributed by atoms with E-state index in [9.17, 15) is 0 Å². The quantitative estimate of drug-likeness (QED) is 0.557. The molecule has 0 unspecified atom stereocenters. The number of fused-ring (bicyclic) bond motifs is 1. The van der Waals surface area contributed by atoms with Gasteiger partial charge in [-0.25, -0.2) is 4.98 Å². The summed E-state index contributed by atoms with van der Waals surface area (Å²) in [5.74, 6) is 0.838. The van der Waals surface area contributed by atoms with Crippen molar-refractivity contribution in [1.82, 2.24) is 19.6 Å². The third-order valence-corrected chi connectivity index (χ3v) is 7.54. The van der Waals surface area contributed by atoms with E-state index in [1.54, 1.807) is 12.4 Å². The first-order valence-corrected chi connectivity index (χ1v) is 10.9. The molecule has 5 rings (SSSR count). The Morgan fingerprint density at radius 2 is 1.91 bits per heavy atom. The molecule has 2 fully saturated rings. The van der Waals surface area contributed by atoms with Gasteiger partial charge in [0.25, 0.3) is 0 Å². The zero-order valence-electron chi connectivity index (χ0n) is 18.0. The van der Waals surface area contributed by atoms with Crippen LogP contribution < -0.4 is 10.6 Å². The summed E-state index contributed by atoms with van der Waals surface area (Å²) in [4.78, 5) is 7.22. The number of aryl methyl sites for hydroxylation is 1. The van der Waals surface area contributed by atoms with Gasteiger partial charge in [0.2, 0.25) is 5.95 Å². The maximum absolute atomic E-state index is 6.50. The maximum atomic E-state index is 6.50. The number of nitrogens with zero attached hydrogens (tertiary/aromatic N) is 5.